The Bertz CT molecular complexity index is 241. The Balaban J connectivity index is -0.000000101. The Hall–Kier alpha value is 3.57. The number of hydrogen-bond acceptors (Lipinski definition) is 5. The van der Waals surface area contributed by atoms with Crippen molar-refractivity contribution in [3.63, 3.8) is 0 Å². The molecule has 0 atom stereocenters. The summed E-state index contributed by atoms with van der Waals surface area (Å²) < 4.78 is 25.9. The normalized spacial score (nSPS) is 9.25. The Labute approximate surface area is 179 Å². The molecule has 9 nitrogen and oxygen atoms in total. The van der Waals surface area contributed by atoms with Crippen molar-refractivity contribution in [3.05, 3.63) is 0 Å². The van der Waals surface area contributed by atoms with Crippen molar-refractivity contribution in [3.8, 4) is 0 Å². The van der Waals surface area contributed by atoms with Gasteiger partial charge in [-0.05, 0) is 0 Å². The van der Waals surface area contributed by atoms with E-state index in [9.17, 15) is 13.9 Å². The molecule has 0 aliphatic carbocycles. The molecule has 0 aliphatic rings. The first-order valence-corrected chi connectivity index (χ1v) is 5.20. The van der Waals surface area contributed by atoms with Crippen LogP contribution >= 0.6 is 15.6 Å². The topological polar surface area (TPSA) is 151 Å². The Morgan fingerprint density at radius 2 is 0.938 bits per heavy atom. The Morgan fingerprint density at radius 1 is 0.750 bits per heavy atom. The zero-order chi connectivity index (χ0) is 9.99. The molecule has 0 heterocycles. The average Bonchev–Trinajstić information content (AvgIpc) is 1.49. The van der Waals surface area contributed by atoms with Crippen LogP contribution in [-0.4, -0.2) is 144 Å². The van der Waals surface area contributed by atoms with Crippen molar-refractivity contribution >= 4 is 140 Å². The van der Waals surface area contributed by atoms with Gasteiger partial charge in [-0.3, -0.25) is 19.6 Å². The van der Waals surface area contributed by atoms with Gasteiger partial charge in [0.1, 0.15) is 0 Å². The summed E-state index contributed by atoms with van der Waals surface area (Å²) in [4.78, 5) is 41.7. The van der Waals surface area contributed by atoms with Crippen molar-refractivity contribution in [2.24, 2.45) is 0 Å². The molecule has 0 aromatic rings. The average molecular weight is 318 g/mol. The van der Waals surface area contributed by atoms with E-state index in [1.807, 2.05) is 0 Å². The maximum absolute atomic E-state index is 10.0. The predicted molar refractivity (Wildman–Crippen MR) is 60.3 cm³/mol. The molecule has 0 radical (unpaired) electrons. The Kier molecular flexibility index (Phi) is 26.9. The van der Waals surface area contributed by atoms with Gasteiger partial charge in [0, 0.05) is 0 Å². The van der Waals surface area contributed by atoms with Gasteiger partial charge in [0.05, 0.1) is 0 Å². The molecule has 0 fully saturated rings. The summed E-state index contributed by atoms with van der Waals surface area (Å²) >= 11 is 0. The van der Waals surface area contributed by atoms with Gasteiger partial charge in [-0.25, -0.2) is 13.9 Å². The third-order valence-corrected chi connectivity index (χ3v) is 1.16. The van der Waals surface area contributed by atoms with Gasteiger partial charge in [0.15, 0.2) is 0 Å². The van der Waals surface area contributed by atoms with E-state index in [1.54, 1.807) is 0 Å². The Morgan fingerprint density at radius 3 is 1.06 bits per heavy atom. The van der Waals surface area contributed by atoms with Crippen LogP contribution in [0.1, 0.15) is 0 Å². The van der Waals surface area contributed by atoms with Crippen LogP contribution in [0.2, 0.25) is 0 Å². The second-order valence-corrected chi connectivity index (χ2v) is 3.74. The second-order valence-electron chi connectivity index (χ2n) is 1.41. The van der Waals surface area contributed by atoms with E-state index >= 15 is 0 Å². The van der Waals surface area contributed by atoms with Crippen molar-refractivity contribution in [1.82, 2.24) is 0 Å². The number of rotatable bonds is 2. The van der Waals surface area contributed by atoms with E-state index in [1.165, 1.54) is 0 Å². The van der Waals surface area contributed by atoms with E-state index in [0.717, 1.165) is 0 Å². The fourth-order valence-electron chi connectivity index (χ4n) is 0.211. The van der Waals surface area contributed by atoms with Crippen LogP contribution in [0.3, 0.4) is 0 Å². The van der Waals surface area contributed by atoms with Crippen LogP contribution in [0.4, 0.5) is 4.79 Å². The van der Waals surface area contributed by atoms with Gasteiger partial charge in [0.2, 0.25) is 0 Å². The number of phosphoric ester groups is 2. The summed E-state index contributed by atoms with van der Waals surface area (Å²) in [6.07, 6.45) is -2.14. The molecule has 16 heavy (non-hydrogen) atoms. The van der Waals surface area contributed by atoms with Crippen molar-refractivity contribution in [2.45, 2.75) is 0 Å². The molecule has 0 amide bonds. The van der Waals surface area contributed by atoms with E-state index < -0.39 is 21.8 Å². The maximum atomic E-state index is 10.0. The molecule has 80 valence electrons. The number of phosphoric acid groups is 2. The first-order valence-electron chi connectivity index (χ1n) is 2.14. The quantitative estimate of drug-likeness (QED) is 0.304. The first-order chi connectivity index (χ1) is 5.10. The summed E-state index contributed by atoms with van der Waals surface area (Å²) in [7, 11) is -10.3. The molecule has 0 aliphatic heterocycles. The molecular weight excluding hydrogens is 310 g/mol. The molecule has 0 saturated heterocycles. The summed E-state index contributed by atoms with van der Waals surface area (Å²) in [5.74, 6) is 0. The van der Waals surface area contributed by atoms with Crippen LogP contribution < -0.4 is 0 Å². The van der Waals surface area contributed by atoms with Crippen LogP contribution in [-0.2, 0) is 18.2 Å². The molecule has 4 N–H and O–H groups in total. The fraction of sp³-hybridized carbons (Fsp3) is 0. The van der Waals surface area contributed by atoms with Crippen LogP contribution in [0, 0.1) is 0 Å². The summed E-state index contributed by atoms with van der Waals surface area (Å²) in [6, 6.07) is 0. The summed E-state index contributed by atoms with van der Waals surface area (Å²) in [6.45, 7) is 0. The van der Waals surface area contributed by atoms with Crippen molar-refractivity contribution in [2.75, 3.05) is 0 Å². The number of hydrogen-bond donors (Lipinski definition) is 4. The van der Waals surface area contributed by atoms with Gasteiger partial charge in [0.25, 0.3) is 0 Å². The van der Waals surface area contributed by atoms with Crippen LogP contribution in [0.25, 0.3) is 0 Å². The van der Waals surface area contributed by atoms with Crippen molar-refractivity contribution in [1.29, 1.82) is 0 Å². The zero-order valence-electron chi connectivity index (χ0n) is 5.22. The van der Waals surface area contributed by atoms with Crippen LogP contribution in [0.5, 0.6) is 0 Å². The minimum absolute atomic E-state index is 0. The van der Waals surface area contributed by atoms with Crippen LogP contribution in [0.15, 0.2) is 0 Å². The molecule has 0 aromatic carbocycles. The van der Waals surface area contributed by atoms with Crippen molar-refractivity contribution < 1.29 is 42.5 Å². The van der Waals surface area contributed by atoms with E-state index in [0.29, 0.717) is 0 Å². The van der Waals surface area contributed by atoms with Gasteiger partial charge >= 0.3 is 140 Å². The minimum atomic E-state index is -5.13. The first kappa shape index (κ1) is 31.8. The monoisotopic (exact) mass is 318 g/mol. The molecule has 0 unspecified atom stereocenters. The zero-order valence-corrected chi connectivity index (χ0v) is 7.01. The standard InChI is InChI=1S/CH4O9P2.4Na.4H/c2-1(9-11(3,4)5)10-12(6,7)8;;;;;;;;/h(H2,3,4,5)(H2,6,7,8);;;;;;;;. The number of carbonyl (C=O) groups excluding carboxylic acids is 1. The summed E-state index contributed by atoms with van der Waals surface area (Å²) in [5.41, 5.74) is 0. The molecule has 0 spiro atoms. The van der Waals surface area contributed by atoms with Gasteiger partial charge in [-0.2, -0.15) is 0 Å². The molecular formula is CH8Na4O9P2. The van der Waals surface area contributed by atoms with Gasteiger partial charge in [-0.15, -0.1) is 0 Å². The molecule has 0 aromatic heterocycles. The van der Waals surface area contributed by atoms with E-state index in [-0.39, 0.29) is 118 Å². The van der Waals surface area contributed by atoms with E-state index in [4.69, 9.17) is 19.6 Å². The molecule has 15 heteroatoms. The van der Waals surface area contributed by atoms with Gasteiger partial charge in [-0.1, -0.05) is 0 Å². The summed E-state index contributed by atoms with van der Waals surface area (Å²) in [5, 5.41) is 0. The molecule has 0 saturated carbocycles. The third-order valence-electron chi connectivity index (χ3n) is 0.387. The third kappa shape index (κ3) is 26.2. The van der Waals surface area contributed by atoms with Gasteiger partial charge < -0.3 is 9.05 Å². The predicted octanol–water partition coefficient (Wildman–Crippen LogP) is -3.27. The van der Waals surface area contributed by atoms with E-state index in [2.05, 4.69) is 9.05 Å². The molecule has 0 bridgehead atoms. The molecule has 0 rings (SSSR count). The number of carbonyl (C=O) groups is 1. The SMILES string of the molecule is O=C(OP(=O)(O)O)OP(=O)(O)O.[NaH].[NaH].[NaH].[NaH]. The second kappa shape index (κ2) is 13.5. The fourth-order valence-corrected chi connectivity index (χ4v) is 0.733.